The van der Waals surface area contributed by atoms with Crippen molar-refractivity contribution in [3.63, 3.8) is 0 Å². The molecule has 4 heteroatoms. The lowest BCUT2D eigenvalue weighted by atomic mass is 10.0. The zero-order valence-electron chi connectivity index (χ0n) is 9.92. The molecule has 16 heavy (non-hydrogen) atoms. The van der Waals surface area contributed by atoms with Crippen LogP contribution in [0.25, 0.3) is 0 Å². The lowest BCUT2D eigenvalue weighted by molar-refractivity contribution is 0.0576. The normalized spacial score (nSPS) is 27.9. The number of nitrogens with zero attached hydrogens (tertiary/aromatic N) is 1. The molecule has 1 heterocycles. The summed E-state index contributed by atoms with van der Waals surface area (Å²) in [5.74, 6) is 0. The van der Waals surface area contributed by atoms with Crippen LogP contribution < -0.4 is 0 Å². The van der Waals surface area contributed by atoms with Crippen LogP contribution in [0.1, 0.15) is 32.6 Å². The van der Waals surface area contributed by atoms with Crippen molar-refractivity contribution in [3.8, 4) is 0 Å². The summed E-state index contributed by atoms with van der Waals surface area (Å²) in [6.45, 7) is 5.94. The average Bonchev–Trinajstić information content (AvgIpc) is 3.00. The Kier molecular flexibility index (Phi) is 4.46. The summed E-state index contributed by atoms with van der Waals surface area (Å²) in [5.41, 5.74) is 0.405. The molecule has 0 aromatic heterocycles. The van der Waals surface area contributed by atoms with Crippen molar-refractivity contribution in [1.29, 1.82) is 0 Å². The Morgan fingerprint density at radius 3 is 2.56 bits per heavy atom. The third-order valence-corrected chi connectivity index (χ3v) is 4.01. The van der Waals surface area contributed by atoms with E-state index in [9.17, 15) is 4.39 Å². The van der Waals surface area contributed by atoms with Gasteiger partial charge in [-0.3, -0.25) is 0 Å². The third-order valence-electron chi connectivity index (χ3n) is 3.65. The van der Waals surface area contributed by atoms with Gasteiger partial charge in [-0.25, -0.2) is 4.39 Å². The van der Waals surface area contributed by atoms with Gasteiger partial charge in [0.05, 0.1) is 6.61 Å². The first kappa shape index (κ1) is 13.0. The summed E-state index contributed by atoms with van der Waals surface area (Å²) in [7, 11) is 0. The fourth-order valence-corrected chi connectivity index (χ4v) is 2.53. The van der Waals surface area contributed by atoms with Gasteiger partial charge < -0.3 is 9.64 Å². The molecule has 0 aromatic carbocycles. The maximum atomic E-state index is 13.0. The van der Waals surface area contributed by atoms with Crippen LogP contribution in [0.4, 0.5) is 4.39 Å². The molecule has 0 amide bonds. The third kappa shape index (κ3) is 3.81. The van der Waals surface area contributed by atoms with Crippen molar-refractivity contribution in [1.82, 2.24) is 4.90 Å². The largest absolute Gasteiger partial charge is 0.368 e. The second kappa shape index (κ2) is 5.48. The Bertz CT molecular complexity index is 225. The summed E-state index contributed by atoms with van der Waals surface area (Å²) >= 11 is 2.30. The van der Waals surface area contributed by atoms with Crippen LogP contribution in [0.15, 0.2) is 0 Å². The number of rotatable bonds is 5. The molecule has 1 saturated carbocycles. The van der Waals surface area contributed by atoms with Gasteiger partial charge in [0.1, 0.15) is 10.3 Å². The molecule has 0 aromatic rings. The highest BCUT2D eigenvalue weighted by Gasteiger charge is 2.44. The quantitative estimate of drug-likeness (QED) is 0.563. The summed E-state index contributed by atoms with van der Waals surface area (Å²) in [6.07, 6.45) is 3.45. The van der Waals surface area contributed by atoms with E-state index in [1.54, 1.807) is 0 Å². The highest BCUT2D eigenvalue weighted by molar-refractivity contribution is 14.1. The number of alkyl halides is 2. The van der Waals surface area contributed by atoms with Crippen LogP contribution in [0.3, 0.4) is 0 Å². The second-order valence-electron chi connectivity index (χ2n) is 5.30. The van der Waals surface area contributed by atoms with Crippen molar-refractivity contribution >= 4 is 22.6 Å². The summed E-state index contributed by atoms with van der Waals surface area (Å²) < 4.78 is 19.0. The predicted molar refractivity (Wildman–Crippen MR) is 71.7 cm³/mol. The molecule has 0 bridgehead atoms. The van der Waals surface area contributed by atoms with E-state index in [2.05, 4.69) is 34.4 Å². The topological polar surface area (TPSA) is 12.5 Å². The zero-order valence-corrected chi connectivity index (χ0v) is 12.1. The van der Waals surface area contributed by atoms with E-state index in [1.165, 1.54) is 12.8 Å². The average molecular weight is 341 g/mol. The monoisotopic (exact) mass is 341 g/mol. The maximum absolute atomic E-state index is 13.0. The molecule has 0 N–H and O–H groups in total. The summed E-state index contributed by atoms with van der Waals surface area (Å²) in [6, 6.07) is 0. The Labute approximate surface area is 111 Å². The van der Waals surface area contributed by atoms with Gasteiger partial charge in [-0.05, 0) is 32.6 Å². The van der Waals surface area contributed by atoms with E-state index >= 15 is 0 Å². The van der Waals surface area contributed by atoms with Crippen LogP contribution >= 0.6 is 22.6 Å². The molecule has 2 rings (SSSR count). The van der Waals surface area contributed by atoms with Crippen LogP contribution in [0.2, 0.25) is 0 Å². The second-order valence-corrected chi connectivity index (χ2v) is 7.06. The van der Waals surface area contributed by atoms with Crippen LogP contribution in [-0.2, 0) is 4.74 Å². The van der Waals surface area contributed by atoms with Crippen LogP contribution in [-0.4, -0.2) is 41.4 Å². The fourth-order valence-electron chi connectivity index (χ4n) is 2.35. The number of hydrogen-bond donors (Lipinski definition) is 0. The lowest BCUT2D eigenvalue weighted by Crippen LogP contribution is -2.39. The highest BCUT2D eigenvalue weighted by atomic mass is 127. The molecule has 1 atom stereocenters. The number of hydrogen-bond acceptors (Lipinski definition) is 2. The van der Waals surface area contributed by atoms with Gasteiger partial charge in [0.15, 0.2) is 0 Å². The molecule has 1 unspecified atom stereocenters. The molecule has 94 valence electrons. The van der Waals surface area contributed by atoms with E-state index in [-0.39, 0.29) is 0 Å². The number of likely N-dealkylation sites (tertiary alicyclic amines) is 1. The Morgan fingerprint density at radius 1 is 1.44 bits per heavy atom. The molecule has 0 spiro atoms. The first-order valence-electron chi connectivity index (χ1n) is 6.22. The lowest BCUT2D eigenvalue weighted by Gasteiger charge is -2.32. The Hall–Kier alpha value is 0.580. The standard InChI is InChI=1S/C12H21FINO/c1-10(14)16-9-12(4-5-12)8-15-6-2-11(13)3-7-15/h10-11H,2-9H2,1H3. The first-order chi connectivity index (χ1) is 7.60. The fraction of sp³-hybridized carbons (Fsp3) is 1.00. The van der Waals surface area contributed by atoms with Crippen LogP contribution in [0, 0.1) is 5.41 Å². The molecule has 0 radical (unpaired) electrons. The zero-order chi connectivity index (χ0) is 11.6. The molecule has 1 aliphatic carbocycles. The van der Waals surface area contributed by atoms with Crippen molar-refractivity contribution in [2.45, 2.75) is 42.9 Å². The van der Waals surface area contributed by atoms with Gasteiger partial charge in [-0.15, -0.1) is 0 Å². The van der Waals surface area contributed by atoms with Crippen molar-refractivity contribution in [2.75, 3.05) is 26.2 Å². The molecule has 2 fully saturated rings. The van der Waals surface area contributed by atoms with Crippen LogP contribution in [0.5, 0.6) is 0 Å². The van der Waals surface area contributed by atoms with E-state index < -0.39 is 6.17 Å². The minimum atomic E-state index is -0.558. The SMILES string of the molecule is CC(I)OCC1(CN2CCC(F)CC2)CC1. The summed E-state index contributed by atoms with van der Waals surface area (Å²) in [4.78, 5) is 2.42. The molecule has 2 aliphatic rings. The van der Waals surface area contributed by atoms with E-state index in [0.717, 1.165) is 39.1 Å². The Morgan fingerprint density at radius 2 is 2.06 bits per heavy atom. The van der Waals surface area contributed by atoms with Crippen molar-refractivity contribution in [3.05, 3.63) is 0 Å². The first-order valence-corrected chi connectivity index (χ1v) is 7.46. The smallest absolute Gasteiger partial charge is 0.106 e. The van der Waals surface area contributed by atoms with Gasteiger partial charge in [0, 0.05) is 25.0 Å². The number of ether oxygens (including phenoxy) is 1. The van der Waals surface area contributed by atoms with Gasteiger partial charge in [0.25, 0.3) is 0 Å². The van der Waals surface area contributed by atoms with Gasteiger partial charge in [0.2, 0.25) is 0 Å². The van der Waals surface area contributed by atoms with Gasteiger partial charge in [-0.2, -0.15) is 0 Å². The highest BCUT2D eigenvalue weighted by Crippen LogP contribution is 2.47. The maximum Gasteiger partial charge on any atom is 0.106 e. The molecular formula is C12H21FINO. The van der Waals surface area contributed by atoms with Gasteiger partial charge >= 0.3 is 0 Å². The number of halogens is 2. The van der Waals surface area contributed by atoms with Gasteiger partial charge in [-0.1, -0.05) is 22.6 Å². The summed E-state index contributed by atoms with van der Waals surface area (Å²) in [5, 5.41) is 0. The minimum absolute atomic E-state index is 0.298. The van der Waals surface area contributed by atoms with Crippen molar-refractivity contribution in [2.24, 2.45) is 5.41 Å². The van der Waals surface area contributed by atoms with E-state index in [4.69, 9.17) is 4.74 Å². The minimum Gasteiger partial charge on any atom is -0.368 e. The van der Waals surface area contributed by atoms with Crippen molar-refractivity contribution < 1.29 is 9.13 Å². The molecule has 2 nitrogen and oxygen atoms in total. The van der Waals surface area contributed by atoms with E-state index in [1.807, 2.05) is 0 Å². The predicted octanol–water partition coefficient (Wildman–Crippen LogP) is 3.00. The van der Waals surface area contributed by atoms with E-state index in [0.29, 0.717) is 9.53 Å². The molecule has 1 saturated heterocycles. The number of piperidine rings is 1. The Balaban J connectivity index is 1.72. The molecular weight excluding hydrogens is 320 g/mol. The molecule has 1 aliphatic heterocycles.